The predicted octanol–water partition coefficient (Wildman–Crippen LogP) is 4.23. The highest BCUT2D eigenvalue weighted by molar-refractivity contribution is 6.32. The summed E-state index contributed by atoms with van der Waals surface area (Å²) in [4.78, 5) is 25.0. The Morgan fingerprint density at radius 3 is 2.39 bits per heavy atom. The molecule has 7 heteroatoms. The molecule has 1 amide bonds. The fraction of sp³-hybridized carbons (Fsp3) is 0.190. The monoisotopic (exact) mass is 397 g/mol. The highest BCUT2D eigenvalue weighted by atomic mass is 35.5. The van der Waals surface area contributed by atoms with E-state index < -0.39 is 18.0 Å². The van der Waals surface area contributed by atoms with E-state index in [0.717, 1.165) is 11.1 Å². The number of hydrogen-bond donors (Lipinski definition) is 1. The van der Waals surface area contributed by atoms with Crippen molar-refractivity contribution in [2.75, 3.05) is 5.32 Å². The number of aromatic nitrogens is 2. The minimum Gasteiger partial charge on any atom is -0.449 e. The quantitative estimate of drug-likeness (QED) is 0.654. The van der Waals surface area contributed by atoms with Gasteiger partial charge in [-0.15, -0.1) is 0 Å². The molecule has 1 heterocycles. The van der Waals surface area contributed by atoms with Gasteiger partial charge in [-0.05, 0) is 25.5 Å². The normalized spacial score (nSPS) is 11.7. The van der Waals surface area contributed by atoms with Crippen LogP contribution in [0.5, 0.6) is 0 Å². The van der Waals surface area contributed by atoms with Crippen molar-refractivity contribution < 1.29 is 14.3 Å². The molecule has 2 aromatic carbocycles. The van der Waals surface area contributed by atoms with Gasteiger partial charge in [0.25, 0.3) is 5.91 Å². The van der Waals surface area contributed by atoms with Gasteiger partial charge < -0.3 is 10.1 Å². The number of ether oxygens (including phenoxy) is 1. The molecule has 3 rings (SSSR count). The number of nitrogens with zero attached hydrogens (tertiary/aromatic N) is 2. The highest BCUT2D eigenvalue weighted by Crippen LogP contribution is 2.28. The summed E-state index contributed by atoms with van der Waals surface area (Å²) in [6.07, 6.45) is -1.01. The third-order valence-corrected chi connectivity index (χ3v) is 4.71. The van der Waals surface area contributed by atoms with Crippen LogP contribution in [0.2, 0.25) is 5.15 Å². The SMILES string of the molecule is Cc1nn(C)c(Cl)c1C(=O)OC(C)C(=O)Nc1ccccc1-c1ccccc1. The topological polar surface area (TPSA) is 73.2 Å². The lowest BCUT2D eigenvalue weighted by Gasteiger charge is -2.16. The molecule has 1 N–H and O–H groups in total. The fourth-order valence-electron chi connectivity index (χ4n) is 2.83. The second kappa shape index (κ2) is 8.27. The van der Waals surface area contributed by atoms with Crippen molar-refractivity contribution in [2.24, 2.45) is 7.05 Å². The number of nitrogens with one attached hydrogen (secondary N) is 1. The van der Waals surface area contributed by atoms with Crippen LogP contribution in [0.3, 0.4) is 0 Å². The van der Waals surface area contributed by atoms with Gasteiger partial charge in [-0.2, -0.15) is 5.10 Å². The van der Waals surface area contributed by atoms with E-state index in [4.69, 9.17) is 16.3 Å². The lowest BCUT2D eigenvalue weighted by Crippen LogP contribution is -2.30. The first-order valence-electron chi connectivity index (χ1n) is 8.74. The number of aryl methyl sites for hydroxylation is 2. The molecule has 0 spiro atoms. The number of para-hydroxylation sites is 1. The molecule has 0 aliphatic heterocycles. The Morgan fingerprint density at radius 1 is 1.11 bits per heavy atom. The largest absolute Gasteiger partial charge is 0.449 e. The van der Waals surface area contributed by atoms with Crippen molar-refractivity contribution in [1.82, 2.24) is 9.78 Å². The van der Waals surface area contributed by atoms with Crippen LogP contribution in [0.25, 0.3) is 11.1 Å². The maximum Gasteiger partial charge on any atom is 0.343 e. The van der Waals surface area contributed by atoms with E-state index >= 15 is 0 Å². The van der Waals surface area contributed by atoms with Gasteiger partial charge in [0.05, 0.1) is 5.69 Å². The molecular formula is C21H20ClN3O3. The van der Waals surface area contributed by atoms with Gasteiger partial charge in [0.15, 0.2) is 6.10 Å². The number of carbonyl (C=O) groups is 2. The minimum absolute atomic E-state index is 0.161. The van der Waals surface area contributed by atoms with E-state index in [9.17, 15) is 9.59 Å². The Balaban J connectivity index is 1.74. The molecule has 28 heavy (non-hydrogen) atoms. The fourth-order valence-corrected chi connectivity index (χ4v) is 3.08. The van der Waals surface area contributed by atoms with Gasteiger partial charge in [0.1, 0.15) is 10.7 Å². The van der Waals surface area contributed by atoms with Crippen molar-refractivity contribution in [2.45, 2.75) is 20.0 Å². The van der Waals surface area contributed by atoms with E-state index in [2.05, 4.69) is 10.4 Å². The Bertz CT molecular complexity index is 1010. The first-order chi connectivity index (χ1) is 13.4. The summed E-state index contributed by atoms with van der Waals surface area (Å²) in [5.41, 5.74) is 3.09. The molecule has 3 aromatic rings. The maximum absolute atomic E-state index is 12.6. The summed E-state index contributed by atoms with van der Waals surface area (Å²) in [7, 11) is 1.63. The average molecular weight is 398 g/mol. The molecule has 6 nitrogen and oxygen atoms in total. The van der Waals surface area contributed by atoms with Crippen molar-refractivity contribution in [3.63, 3.8) is 0 Å². The molecule has 0 aliphatic rings. The summed E-state index contributed by atoms with van der Waals surface area (Å²) < 4.78 is 6.69. The van der Waals surface area contributed by atoms with Crippen LogP contribution in [0, 0.1) is 6.92 Å². The van der Waals surface area contributed by atoms with E-state index in [0.29, 0.717) is 11.4 Å². The Labute approximate surface area is 168 Å². The van der Waals surface area contributed by atoms with Crippen LogP contribution in [0.1, 0.15) is 23.0 Å². The molecule has 0 saturated carbocycles. The van der Waals surface area contributed by atoms with E-state index in [-0.39, 0.29) is 10.7 Å². The molecule has 144 valence electrons. The number of amides is 1. The number of halogens is 1. The van der Waals surface area contributed by atoms with E-state index in [1.54, 1.807) is 20.0 Å². The number of benzene rings is 2. The maximum atomic E-state index is 12.6. The lowest BCUT2D eigenvalue weighted by atomic mass is 10.0. The summed E-state index contributed by atoms with van der Waals surface area (Å²) in [5.74, 6) is -1.12. The smallest absolute Gasteiger partial charge is 0.343 e. The Hall–Kier alpha value is -3.12. The van der Waals surface area contributed by atoms with Crippen LogP contribution in [0.15, 0.2) is 54.6 Å². The standard InChI is InChI=1S/C21H20ClN3O3/c1-13-18(19(22)25(3)24-13)21(27)28-14(2)20(26)23-17-12-8-7-11-16(17)15-9-5-4-6-10-15/h4-12,14H,1-3H3,(H,23,26). The molecule has 0 bridgehead atoms. The van der Waals surface area contributed by atoms with Gasteiger partial charge in [-0.3, -0.25) is 9.48 Å². The van der Waals surface area contributed by atoms with Gasteiger partial charge in [-0.25, -0.2) is 4.79 Å². The Kier molecular flexibility index (Phi) is 5.80. The van der Waals surface area contributed by atoms with Crippen molar-refractivity contribution >= 4 is 29.2 Å². The van der Waals surface area contributed by atoms with Crippen molar-refractivity contribution in [3.05, 3.63) is 71.0 Å². The zero-order chi connectivity index (χ0) is 20.3. The molecule has 1 unspecified atom stereocenters. The molecule has 0 saturated heterocycles. The summed E-state index contributed by atoms with van der Waals surface area (Å²) in [6.45, 7) is 3.17. The number of anilines is 1. The van der Waals surface area contributed by atoms with Crippen molar-refractivity contribution in [3.8, 4) is 11.1 Å². The highest BCUT2D eigenvalue weighted by Gasteiger charge is 2.25. The molecule has 0 aliphatic carbocycles. The third kappa shape index (κ3) is 4.07. The minimum atomic E-state index is -1.01. The number of carbonyl (C=O) groups excluding carboxylic acids is 2. The van der Waals surface area contributed by atoms with Gasteiger partial charge in [0, 0.05) is 18.3 Å². The zero-order valence-electron chi connectivity index (χ0n) is 15.8. The third-order valence-electron chi connectivity index (χ3n) is 4.28. The first kappa shape index (κ1) is 19.6. The number of rotatable bonds is 5. The average Bonchev–Trinajstić information content (AvgIpc) is 2.94. The second-order valence-corrected chi connectivity index (χ2v) is 6.68. The molecule has 1 atom stereocenters. The second-order valence-electron chi connectivity index (χ2n) is 6.32. The summed E-state index contributed by atoms with van der Waals surface area (Å²) in [5, 5.41) is 7.08. The van der Waals surface area contributed by atoms with Gasteiger partial charge in [-0.1, -0.05) is 60.1 Å². The molecule has 1 aromatic heterocycles. The molecule has 0 fully saturated rings. The van der Waals surface area contributed by atoms with Crippen LogP contribution in [-0.2, 0) is 16.6 Å². The lowest BCUT2D eigenvalue weighted by molar-refractivity contribution is -0.123. The Morgan fingerprint density at radius 2 is 1.75 bits per heavy atom. The summed E-state index contributed by atoms with van der Waals surface area (Å²) >= 11 is 6.09. The predicted molar refractivity (Wildman–Crippen MR) is 108 cm³/mol. The zero-order valence-corrected chi connectivity index (χ0v) is 16.5. The van der Waals surface area contributed by atoms with Gasteiger partial charge in [0.2, 0.25) is 0 Å². The van der Waals surface area contributed by atoms with Crippen LogP contribution in [0.4, 0.5) is 5.69 Å². The molecule has 0 radical (unpaired) electrons. The van der Waals surface area contributed by atoms with E-state index in [1.165, 1.54) is 11.6 Å². The van der Waals surface area contributed by atoms with Gasteiger partial charge >= 0.3 is 5.97 Å². The van der Waals surface area contributed by atoms with Crippen LogP contribution < -0.4 is 5.32 Å². The molecular weight excluding hydrogens is 378 g/mol. The summed E-state index contributed by atoms with van der Waals surface area (Å²) in [6, 6.07) is 17.2. The number of hydrogen-bond acceptors (Lipinski definition) is 4. The van der Waals surface area contributed by atoms with Crippen LogP contribution >= 0.6 is 11.6 Å². The number of esters is 1. The van der Waals surface area contributed by atoms with Crippen LogP contribution in [-0.4, -0.2) is 27.8 Å². The first-order valence-corrected chi connectivity index (χ1v) is 9.11. The van der Waals surface area contributed by atoms with E-state index in [1.807, 2.05) is 48.5 Å². The van der Waals surface area contributed by atoms with Crippen molar-refractivity contribution in [1.29, 1.82) is 0 Å².